The number of hydrogen-bond acceptors (Lipinski definition) is 6. The normalized spacial score (nSPS) is 15.3. The zero-order chi connectivity index (χ0) is 13.9. The van der Waals surface area contributed by atoms with Crippen molar-refractivity contribution in [1.29, 1.82) is 0 Å². The lowest BCUT2D eigenvalue weighted by atomic mass is 10.2. The topological polar surface area (TPSA) is 71.4 Å². The lowest BCUT2D eigenvalue weighted by molar-refractivity contribution is 0.122. The third-order valence-corrected chi connectivity index (χ3v) is 3.02. The summed E-state index contributed by atoms with van der Waals surface area (Å²) < 4.78 is 19.1. The molecule has 0 amide bonds. The van der Waals surface area contributed by atoms with Crippen LogP contribution in [0.5, 0.6) is 5.75 Å². The monoisotopic (exact) mass is 276 g/mol. The number of pyridine rings is 1. The summed E-state index contributed by atoms with van der Waals surface area (Å²) in [5, 5.41) is 9.43. The Morgan fingerprint density at radius 2 is 2.00 bits per heavy atom. The van der Waals surface area contributed by atoms with Crippen LogP contribution in [-0.4, -0.2) is 46.4 Å². The second-order valence-corrected chi connectivity index (χ2v) is 4.40. The van der Waals surface area contributed by atoms with Gasteiger partial charge in [0.1, 0.15) is 5.75 Å². The predicted octanol–water partition coefficient (Wildman–Crippen LogP) is 1.22. The molecule has 0 atom stereocenters. The van der Waals surface area contributed by atoms with Crippen molar-refractivity contribution in [3.63, 3.8) is 0 Å². The fraction of sp³-hybridized carbons (Fsp3) is 0.308. The molecule has 20 heavy (non-hydrogen) atoms. The van der Waals surface area contributed by atoms with Gasteiger partial charge in [-0.2, -0.15) is 0 Å². The molecule has 0 spiro atoms. The highest BCUT2D eigenvalue weighted by Crippen LogP contribution is 2.23. The molecule has 0 unspecified atom stereocenters. The Morgan fingerprint density at radius 3 is 2.75 bits per heavy atom. The standard InChI is InChI=1S/C13H13FN4O2/c14-11-8-16-12(9-5-10(19)7-15-6-9)17-13(11)18-1-3-20-4-2-18/h5-8,19H,1-4H2. The Balaban J connectivity index is 1.97. The lowest BCUT2D eigenvalue weighted by Crippen LogP contribution is -2.37. The summed E-state index contributed by atoms with van der Waals surface area (Å²) in [5.41, 5.74) is 0.541. The van der Waals surface area contributed by atoms with Crippen molar-refractivity contribution in [2.45, 2.75) is 0 Å². The van der Waals surface area contributed by atoms with E-state index in [1.54, 1.807) is 0 Å². The molecule has 1 saturated heterocycles. The summed E-state index contributed by atoms with van der Waals surface area (Å²) in [4.78, 5) is 13.9. The van der Waals surface area contributed by atoms with Gasteiger partial charge in [0.2, 0.25) is 0 Å². The van der Waals surface area contributed by atoms with E-state index in [-0.39, 0.29) is 11.6 Å². The summed E-state index contributed by atoms with van der Waals surface area (Å²) in [5.74, 6) is 0.130. The molecule has 0 aliphatic carbocycles. The molecule has 1 aliphatic heterocycles. The fourth-order valence-corrected chi connectivity index (χ4v) is 2.04. The highest BCUT2D eigenvalue weighted by molar-refractivity contribution is 5.58. The van der Waals surface area contributed by atoms with Crippen LogP contribution in [-0.2, 0) is 4.74 Å². The van der Waals surface area contributed by atoms with E-state index in [9.17, 15) is 9.50 Å². The zero-order valence-electron chi connectivity index (χ0n) is 10.7. The smallest absolute Gasteiger partial charge is 0.183 e. The summed E-state index contributed by atoms with van der Waals surface area (Å²) in [7, 11) is 0. The number of morpholine rings is 1. The molecule has 1 aliphatic rings. The Hall–Kier alpha value is -2.28. The first kappa shape index (κ1) is 12.7. The fourth-order valence-electron chi connectivity index (χ4n) is 2.04. The number of rotatable bonds is 2. The van der Waals surface area contributed by atoms with Crippen LogP contribution in [0, 0.1) is 5.82 Å². The molecule has 0 aromatic carbocycles. The number of aromatic nitrogens is 3. The van der Waals surface area contributed by atoms with Crippen molar-refractivity contribution in [3.05, 3.63) is 30.5 Å². The zero-order valence-corrected chi connectivity index (χ0v) is 10.7. The molecule has 3 heterocycles. The summed E-state index contributed by atoms with van der Waals surface area (Å²) in [6, 6.07) is 1.49. The number of halogens is 1. The number of anilines is 1. The van der Waals surface area contributed by atoms with Crippen molar-refractivity contribution in [1.82, 2.24) is 15.0 Å². The summed E-state index contributed by atoms with van der Waals surface area (Å²) in [6.45, 7) is 2.27. The minimum Gasteiger partial charge on any atom is -0.506 e. The van der Waals surface area contributed by atoms with E-state index in [1.165, 1.54) is 18.5 Å². The van der Waals surface area contributed by atoms with E-state index in [1.807, 2.05) is 4.90 Å². The minimum atomic E-state index is -0.469. The van der Waals surface area contributed by atoms with E-state index in [2.05, 4.69) is 15.0 Å². The van der Waals surface area contributed by atoms with Crippen molar-refractivity contribution < 1.29 is 14.2 Å². The summed E-state index contributed by atoms with van der Waals surface area (Å²) >= 11 is 0. The summed E-state index contributed by atoms with van der Waals surface area (Å²) in [6.07, 6.45) is 3.98. The van der Waals surface area contributed by atoms with E-state index in [0.29, 0.717) is 37.7 Å². The van der Waals surface area contributed by atoms with Crippen molar-refractivity contribution >= 4 is 5.82 Å². The van der Waals surface area contributed by atoms with Crippen LogP contribution in [0.2, 0.25) is 0 Å². The second kappa shape index (κ2) is 5.38. The van der Waals surface area contributed by atoms with Crippen LogP contribution in [0.1, 0.15) is 0 Å². The van der Waals surface area contributed by atoms with Crippen molar-refractivity contribution in [3.8, 4) is 17.1 Å². The third-order valence-electron chi connectivity index (χ3n) is 3.02. The van der Waals surface area contributed by atoms with Crippen molar-refractivity contribution in [2.24, 2.45) is 0 Å². The van der Waals surface area contributed by atoms with E-state index in [4.69, 9.17) is 4.74 Å². The molecule has 2 aromatic rings. The van der Waals surface area contributed by atoms with Gasteiger partial charge in [0.15, 0.2) is 17.5 Å². The number of aromatic hydroxyl groups is 1. The molecule has 104 valence electrons. The van der Waals surface area contributed by atoms with Crippen molar-refractivity contribution in [2.75, 3.05) is 31.2 Å². The maximum atomic E-state index is 13.9. The maximum Gasteiger partial charge on any atom is 0.183 e. The molecule has 0 bridgehead atoms. The lowest BCUT2D eigenvalue weighted by Gasteiger charge is -2.28. The largest absolute Gasteiger partial charge is 0.506 e. The van der Waals surface area contributed by atoms with Crippen LogP contribution in [0.4, 0.5) is 10.2 Å². The highest BCUT2D eigenvalue weighted by Gasteiger charge is 2.18. The first-order valence-corrected chi connectivity index (χ1v) is 6.23. The third kappa shape index (κ3) is 2.53. The predicted molar refractivity (Wildman–Crippen MR) is 69.9 cm³/mol. The molecule has 1 fully saturated rings. The molecule has 0 radical (unpaired) electrons. The van der Waals surface area contributed by atoms with E-state index < -0.39 is 5.82 Å². The average molecular weight is 276 g/mol. The van der Waals surface area contributed by atoms with Gasteiger partial charge in [0, 0.05) is 24.8 Å². The van der Waals surface area contributed by atoms with Crippen LogP contribution in [0.3, 0.4) is 0 Å². The van der Waals surface area contributed by atoms with Gasteiger partial charge in [-0.05, 0) is 6.07 Å². The van der Waals surface area contributed by atoms with Crippen LogP contribution >= 0.6 is 0 Å². The molecular weight excluding hydrogens is 263 g/mol. The van der Waals surface area contributed by atoms with Gasteiger partial charge < -0.3 is 14.7 Å². The van der Waals surface area contributed by atoms with Gasteiger partial charge in [0.05, 0.1) is 25.6 Å². The number of nitrogens with zero attached hydrogens (tertiary/aromatic N) is 4. The minimum absolute atomic E-state index is 0.0170. The van der Waals surface area contributed by atoms with Crippen LogP contribution in [0.25, 0.3) is 11.4 Å². The quantitative estimate of drug-likeness (QED) is 0.889. The molecular formula is C13H13FN4O2. The van der Waals surface area contributed by atoms with Crippen LogP contribution < -0.4 is 4.90 Å². The van der Waals surface area contributed by atoms with Gasteiger partial charge in [0.25, 0.3) is 0 Å². The first-order valence-electron chi connectivity index (χ1n) is 6.23. The Kier molecular flexibility index (Phi) is 3.42. The average Bonchev–Trinajstić information content (AvgIpc) is 2.48. The molecule has 1 N–H and O–H groups in total. The highest BCUT2D eigenvalue weighted by atomic mass is 19.1. The molecule has 2 aromatic heterocycles. The van der Waals surface area contributed by atoms with Gasteiger partial charge in [-0.3, -0.25) is 4.98 Å². The Labute approximate surface area is 114 Å². The molecule has 0 saturated carbocycles. The van der Waals surface area contributed by atoms with Gasteiger partial charge in [-0.25, -0.2) is 14.4 Å². The SMILES string of the molecule is Oc1cncc(-c2ncc(F)c(N3CCOCC3)n2)c1. The van der Waals surface area contributed by atoms with Crippen LogP contribution in [0.15, 0.2) is 24.7 Å². The Morgan fingerprint density at radius 1 is 1.20 bits per heavy atom. The first-order chi connectivity index (χ1) is 9.74. The van der Waals surface area contributed by atoms with Gasteiger partial charge >= 0.3 is 0 Å². The molecule has 6 nitrogen and oxygen atoms in total. The molecule has 7 heteroatoms. The maximum absolute atomic E-state index is 13.9. The molecule has 3 rings (SSSR count). The van der Waals surface area contributed by atoms with E-state index >= 15 is 0 Å². The number of hydrogen-bond donors (Lipinski definition) is 1. The Bertz CT molecular complexity index is 617. The number of ether oxygens (including phenoxy) is 1. The second-order valence-electron chi connectivity index (χ2n) is 4.40. The van der Waals surface area contributed by atoms with Gasteiger partial charge in [-0.15, -0.1) is 0 Å². The van der Waals surface area contributed by atoms with Gasteiger partial charge in [-0.1, -0.05) is 0 Å². The van der Waals surface area contributed by atoms with E-state index in [0.717, 1.165) is 6.20 Å².